The fraction of sp³-hybridized carbons (Fsp3) is 0.600. The maximum atomic E-state index is 2.74. The van der Waals surface area contributed by atoms with Crippen LogP contribution in [0.15, 0.2) is 24.3 Å². The summed E-state index contributed by atoms with van der Waals surface area (Å²) in [7, 11) is 0. The summed E-state index contributed by atoms with van der Waals surface area (Å²) in [5.74, 6) is 0.800. The number of likely N-dealkylation sites (tertiary alicyclic amines) is 1. The quantitative estimate of drug-likeness (QED) is 0.728. The third-order valence-electron chi connectivity index (χ3n) is 4.87. The van der Waals surface area contributed by atoms with E-state index in [1.807, 2.05) is 0 Å². The second-order valence-corrected chi connectivity index (χ2v) is 5.71. The topological polar surface area (TPSA) is 6.48 Å². The largest absolute Gasteiger partial charge is 0.370 e. The van der Waals surface area contributed by atoms with Gasteiger partial charge in [0.2, 0.25) is 0 Å². The van der Waals surface area contributed by atoms with Gasteiger partial charge in [0.1, 0.15) is 0 Å². The first-order valence-corrected chi connectivity index (χ1v) is 7.01. The van der Waals surface area contributed by atoms with E-state index in [0.717, 1.165) is 12.0 Å². The second-order valence-electron chi connectivity index (χ2n) is 5.71. The molecule has 2 atom stereocenters. The molecule has 1 aromatic rings. The van der Waals surface area contributed by atoms with Crippen LogP contribution in [-0.2, 0) is 0 Å². The Labute approximate surface area is 103 Å². The molecule has 1 aromatic carbocycles. The Bertz CT molecular complexity index is 423. The number of hydrogen-bond acceptors (Lipinski definition) is 2. The zero-order valence-electron chi connectivity index (χ0n) is 10.3. The van der Waals surface area contributed by atoms with E-state index in [9.17, 15) is 0 Å². The lowest BCUT2D eigenvalue weighted by atomic mass is 9.79. The normalized spacial score (nSPS) is 31.9. The van der Waals surface area contributed by atoms with Gasteiger partial charge in [-0.2, -0.15) is 0 Å². The van der Waals surface area contributed by atoms with Crippen molar-refractivity contribution < 1.29 is 0 Å². The first kappa shape index (κ1) is 9.95. The summed E-state index contributed by atoms with van der Waals surface area (Å²) in [6, 6.07) is 9.85. The highest BCUT2D eigenvalue weighted by molar-refractivity contribution is 5.60. The van der Waals surface area contributed by atoms with Crippen LogP contribution in [0.3, 0.4) is 0 Å². The van der Waals surface area contributed by atoms with Gasteiger partial charge in [-0.25, -0.2) is 0 Å². The maximum absolute atomic E-state index is 2.74. The summed E-state index contributed by atoms with van der Waals surface area (Å²) in [5, 5.41) is 0. The van der Waals surface area contributed by atoms with Crippen LogP contribution in [0.25, 0.3) is 0 Å². The monoisotopic (exact) mass is 228 g/mol. The molecule has 4 heterocycles. The van der Waals surface area contributed by atoms with Crippen LogP contribution in [0.1, 0.15) is 30.7 Å². The van der Waals surface area contributed by atoms with Gasteiger partial charge in [0, 0.05) is 30.7 Å². The highest BCUT2D eigenvalue weighted by Crippen LogP contribution is 2.44. The van der Waals surface area contributed by atoms with Crippen LogP contribution in [0.4, 0.5) is 5.69 Å². The number of rotatable bonds is 1. The molecule has 2 heteroatoms. The average molecular weight is 228 g/mol. The van der Waals surface area contributed by atoms with Crippen molar-refractivity contribution in [2.75, 3.05) is 31.1 Å². The molecule has 0 spiro atoms. The van der Waals surface area contributed by atoms with Gasteiger partial charge in [-0.1, -0.05) is 18.2 Å². The van der Waals surface area contributed by atoms with E-state index in [2.05, 4.69) is 34.1 Å². The molecule has 17 heavy (non-hydrogen) atoms. The molecule has 4 aliphatic rings. The number of benzene rings is 1. The molecular formula is C15H20N2. The van der Waals surface area contributed by atoms with Crippen molar-refractivity contribution in [3.05, 3.63) is 29.8 Å². The van der Waals surface area contributed by atoms with Gasteiger partial charge in [-0.3, -0.25) is 4.90 Å². The van der Waals surface area contributed by atoms with E-state index < -0.39 is 0 Å². The number of fused-ring (bicyclic) bond motifs is 2. The minimum absolute atomic E-state index is 0.793. The average Bonchev–Trinajstić information content (AvgIpc) is 2.93. The molecule has 5 rings (SSSR count). The molecule has 0 aliphatic carbocycles. The molecule has 0 radical (unpaired) electrons. The molecule has 90 valence electrons. The Kier molecular flexibility index (Phi) is 2.19. The van der Waals surface area contributed by atoms with Crippen molar-refractivity contribution in [3.63, 3.8) is 0 Å². The zero-order chi connectivity index (χ0) is 11.2. The fourth-order valence-electron chi connectivity index (χ4n) is 4.05. The number of nitrogens with zero attached hydrogens (tertiary/aromatic N) is 2. The molecule has 2 bridgehead atoms. The highest BCUT2D eigenvalue weighted by atomic mass is 15.3. The zero-order valence-corrected chi connectivity index (χ0v) is 10.3. The van der Waals surface area contributed by atoms with Crippen LogP contribution < -0.4 is 4.90 Å². The second kappa shape index (κ2) is 3.74. The molecule has 0 amide bonds. The summed E-state index contributed by atoms with van der Waals surface area (Å²) in [6.07, 6.45) is 4.17. The molecule has 2 unspecified atom stereocenters. The van der Waals surface area contributed by atoms with Gasteiger partial charge in [0.25, 0.3) is 0 Å². The predicted octanol–water partition coefficient (Wildman–Crippen LogP) is 2.46. The lowest BCUT2D eigenvalue weighted by molar-refractivity contribution is 0.182. The Morgan fingerprint density at radius 3 is 2.71 bits per heavy atom. The van der Waals surface area contributed by atoms with Gasteiger partial charge in [-0.05, 0) is 44.0 Å². The van der Waals surface area contributed by atoms with Crippen molar-refractivity contribution in [3.8, 4) is 0 Å². The minimum atomic E-state index is 0.793. The van der Waals surface area contributed by atoms with E-state index in [1.54, 1.807) is 5.56 Å². The molecular weight excluding hydrogens is 208 g/mol. The Balaban J connectivity index is 1.71. The van der Waals surface area contributed by atoms with Gasteiger partial charge in [0.15, 0.2) is 0 Å². The number of anilines is 1. The lowest BCUT2D eigenvalue weighted by Crippen LogP contribution is -2.54. The van der Waals surface area contributed by atoms with E-state index in [4.69, 9.17) is 0 Å². The summed E-state index contributed by atoms with van der Waals surface area (Å²) in [4.78, 5) is 5.35. The minimum Gasteiger partial charge on any atom is -0.370 e. The first-order valence-electron chi connectivity index (χ1n) is 7.01. The standard InChI is InChI=1S/C15H20N2/c1-2-6-14-12(5-1)13-7-10-17(14)11-15(13)16-8-3-4-9-16/h1-2,5-6,13,15H,3-4,7-11H2. The molecule has 4 aliphatic heterocycles. The fourth-order valence-corrected chi connectivity index (χ4v) is 4.05. The molecule has 2 saturated heterocycles. The van der Waals surface area contributed by atoms with Crippen molar-refractivity contribution in [1.82, 2.24) is 4.90 Å². The van der Waals surface area contributed by atoms with Gasteiger partial charge in [-0.15, -0.1) is 0 Å². The van der Waals surface area contributed by atoms with Crippen molar-refractivity contribution >= 4 is 5.69 Å². The molecule has 2 fully saturated rings. The lowest BCUT2D eigenvalue weighted by Gasteiger charge is -2.50. The molecule has 0 saturated carbocycles. The summed E-state index contributed by atoms with van der Waals surface area (Å²) in [6.45, 7) is 5.20. The van der Waals surface area contributed by atoms with Crippen LogP contribution >= 0.6 is 0 Å². The number of para-hydroxylation sites is 1. The number of piperidine rings is 1. The summed E-state index contributed by atoms with van der Waals surface area (Å²) < 4.78 is 0. The Morgan fingerprint density at radius 1 is 1.00 bits per heavy atom. The third-order valence-corrected chi connectivity index (χ3v) is 4.87. The Morgan fingerprint density at radius 2 is 1.82 bits per heavy atom. The Hall–Kier alpha value is -1.02. The third kappa shape index (κ3) is 1.43. The molecule has 2 nitrogen and oxygen atoms in total. The van der Waals surface area contributed by atoms with E-state index >= 15 is 0 Å². The van der Waals surface area contributed by atoms with Crippen LogP contribution in [0.5, 0.6) is 0 Å². The van der Waals surface area contributed by atoms with E-state index in [-0.39, 0.29) is 0 Å². The van der Waals surface area contributed by atoms with Crippen LogP contribution in [0, 0.1) is 0 Å². The van der Waals surface area contributed by atoms with Crippen LogP contribution in [0.2, 0.25) is 0 Å². The smallest absolute Gasteiger partial charge is 0.0402 e. The van der Waals surface area contributed by atoms with Crippen molar-refractivity contribution in [2.45, 2.75) is 31.2 Å². The summed E-state index contributed by atoms with van der Waals surface area (Å²) >= 11 is 0. The number of hydrogen-bond donors (Lipinski definition) is 0. The van der Waals surface area contributed by atoms with Crippen molar-refractivity contribution in [1.29, 1.82) is 0 Å². The van der Waals surface area contributed by atoms with Gasteiger partial charge < -0.3 is 4.90 Å². The highest BCUT2D eigenvalue weighted by Gasteiger charge is 2.40. The molecule has 0 N–H and O–H groups in total. The van der Waals surface area contributed by atoms with Crippen LogP contribution in [-0.4, -0.2) is 37.1 Å². The molecule has 0 aromatic heterocycles. The first-order chi connectivity index (χ1) is 8.43. The summed E-state index contributed by atoms with van der Waals surface area (Å²) in [5.41, 5.74) is 3.13. The van der Waals surface area contributed by atoms with Gasteiger partial charge >= 0.3 is 0 Å². The van der Waals surface area contributed by atoms with Crippen molar-refractivity contribution in [2.24, 2.45) is 0 Å². The van der Waals surface area contributed by atoms with E-state index in [1.165, 1.54) is 51.1 Å². The van der Waals surface area contributed by atoms with Gasteiger partial charge in [0.05, 0.1) is 0 Å². The maximum Gasteiger partial charge on any atom is 0.0402 e. The SMILES string of the molecule is c1ccc2c(c1)C1CCN2CC1N1CCCC1. The van der Waals surface area contributed by atoms with E-state index in [0.29, 0.717) is 0 Å². The predicted molar refractivity (Wildman–Crippen MR) is 70.6 cm³/mol.